The molecule has 0 aliphatic carbocycles. The summed E-state index contributed by atoms with van der Waals surface area (Å²) in [6.07, 6.45) is 1.42. The number of nitrogens with zero attached hydrogens (tertiary/aromatic N) is 1. The first-order valence-electron chi connectivity index (χ1n) is 5.34. The Bertz CT molecular complexity index is 446. The minimum Gasteiger partial charge on any atom is -0.481 e. The highest BCUT2D eigenvalue weighted by molar-refractivity contribution is 9.11. The van der Waals surface area contributed by atoms with Gasteiger partial charge in [-0.05, 0) is 34.8 Å². The largest absolute Gasteiger partial charge is 0.481 e. The summed E-state index contributed by atoms with van der Waals surface area (Å²) in [5.74, 6) is -1.30. The van der Waals surface area contributed by atoms with Crippen molar-refractivity contribution in [2.75, 3.05) is 13.1 Å². The Morgan fingerprint density at radius 1 is 1.53 bits per heavy atom. The molecule has 17 heavy (non-hydrogen) atoms. The lowest BCUT2D eigenvalue weighted by Crippen LogP contribution is -2.42. The first-order valence-corrected chi connectivity index (χ1v) is 7.01. The minimum absolute atomic E-state index is 0.0714. The van der Waals surface area contributed by atoms with Crippen LogP contribution >= 0.6 is 27.3 Å². The van der Waals surface area contributed by atoms with E-state index in [1.165, 1.54) is 11.3 Å². The van der Waals surface area contributed by atoms with E-state index in [0.717, 1.165) is 10.2 Å². The fourth-order valence-electron chi connectivity index (χ4n) is 1.97. The van der Waals surface area contributed by atoms with Gasteiger partial charge < -0.3 is 10.0 Å². The van der Waals surface area contributed by atoms with Crippen LogP contribution in [0, 0.1) is 5.92 Å². The number of piperidine rings is 1. The smallest absolute Gasteiger partial charge is 0.308 e. The molecule has 4 nitrogen and oxygen atoms in total. The normalized spacial score (nSPS) is 20.3. The van der Waals surface area contributed by atoms with E-state index in [1.807, 2.05) is 0 Å². The number of carbonyl (C=O) groups excluding carboxylic acids is 1. The Morgan fingerprint density at radius 3 is 2.88 bits per heavy atom. The molecule has 2 heterocycles. The molecule has 1 aliphatic heterocycles. The second-order valence-electron chi connectivity index (χ2n) is 4.07. The Morgan fingerprint density at radius 2 is 2.29 bits per heavy atom. The van der Waals surface area contributed by atoms with Gasteiger partial charge in [0.05, 0.1) is 15.3 Å². The summed E-state index contributed by atoms with van der Waals surface area (Å²) < 4.78 is 0.910. The van der Waals surface area contributed by atoms with Crippen molar-refractivity contribution >= 4 is 39.1 Å². The van der Waals surface area contributed by atoms with Crippen LogP contribution in [0.3, 0.4) is 0 Å². The summed E-state index contributed by atoms with van der Waals surface area (Å²) in [7, 11) is 0. The first kappa shape index (κ1) is 12.6. The molecule has 0 unspecified atom stereocenters. The number of hydrogen-bond acceptors (Lipinski definition) is 3. The molecular formula is C11H12BrNO3S. The maximum Gasteiger partial charge on any atom is 0.308 e. The number of halogens is 1. The van der Waals surface area contributed by atoms with Crippen molar-refractivity contribution in [2.24, 2.45) is 5.92 Å². The van der Waals surface area contributed by atoms with E-state index in [1.54, 1.807) is 16.3 Å². The van der Waals surface area contributed by atoms with Gasteiger partial charge >= 0.3 is 5.97 Å². The van der Waals surface area contributed by atoms with Crippen LogP contribution < -0.4 is 0 Å². The topological polar surface area (TPSA) is 57.6 Å². The molecule has 0 saturated carbocycles. The molecule has 1 amide bonds. The lowest BCUT2D eigenvalue weighted by molar-refractivity contribution is -0.143. The molecule has 1 aromatic heterocycles. The third-order valence-electron chi connectivity index (χ3n) is 2.87. The van der Waals surface area contributed by atoms with Gasteiger partial charge in [-0.25, -0.2) is 0 Å². The SMILES string of the molecule is O=C(O)[C@H]1CCCN(C(=O)c2csc(Br)c2)C1. The number of hydrogen-bond donors (Lipinski definition) is 1. The van der Waals surface area contributed by atoms with Crippen LogP contribution in [-0.4, -0.2) is 35.0 Å². The molecule has 1 fully saturated rings. The van der Waals surface area contributed by atoms with Crippen molar-refractivity contribution in [3.63, 3.8) is 0 Å². The predicted molar refractivity (Wildman–Crippen MR) is 68.3 cm³/mol. The summed E-state index contributed by atoms with van der Waals surface area (Å²) in [5, 5.41) is 10.8. The van der Waals surface area contributed by atoms with Crippen molar-refractivity contribution in [3.05, 3.63) is 20.8 Å². The summed E-state index contributed by atoms with van der Waals surface area (Å²) >= 11 is 4.77. The van der Waals surface area contributed by atoms with Crippen molar-refractivity contribution < 1.29 is 14.7 Å². The van der Waals surface area contributed by atoms with Crippen LogP contribution in [0.25, 0.3) is 0 Å². The number of carbonyl (C=O) groups is 2. The van der Waals surface area contributed by atoms with E-state index in [9.17, 15) is 9.59 Å². The third-order valence-corrected chi connectivity index (χ3v) is 4.38. The quantitative estimate of drug-likeness (QED) is 0.911. The highest BCUT2D eigenvalue weighted by Crippen LogP contribution is 2.24. The monoisotopic (exact) mass is 317 g/mol. The molecule has 0 bridgehead atoms. The fraction of sp³-hybridized carbons (Fsp3) is 0.455. The van der Waals surface area contributed by atoms with E-state index in [4.69, 9.17) is 5.11 Å². The maximum absolute atomic E-state index is 12.1. The molecule has 1 N–H and O–H groups in total. The van der Waals surface area contributed by atoms with Gasteiger partial charge in [0.15, 0.2) is 0 Å². The highest BCUT2D eigenvalue weighted by Gasteiger charge is 2.28. The zero-order valence-electron chi connectivity index (χ0n) is 9.06. The fourth-order valence-corrected chi connectivity index (χ4v) is 3.10. The Hall–Kier alpha value is -0.880. The van der Waals surface area contributed by atoms with Gasteiger partial charge in [0.25, 0.3) is 5.91 Å². The number of amides is 1. The molecule has 1 aromatic rings. The molecule has 0 radical (unpaired) electrons. The average molecular weight is 318 g/mol. The summed E-state index contributed by atoms with van der Waals surface area (Å²) in [4.78, 5) is 24.7. The Kier molecular flexibility index (Phi) is 3.83. The Labute approximate surface area is 111 Å². The summed E-state index contributed by atoms with van der Waals surface area (Å²) in [6, 6.07) is 1.78. The molecule has 0 aromatic carbocycles. The van der Waals surface area contributed by atoms with Crippen molar-refractivity contribution in [2.45, 2.75) is 12.8 Å². The predicted octanol–water partition coefficient (Wildman–Crippen LogP) is 2.45. The third kappa shape index (κ3) is 2.87. The van der Waals surface area contributed by atoms with Gasteiger partial charge in [-0.3, -0.25) is 9.59 Å². The van der Waals surface area contributed by atoms with Gasteiger partial charge in [-0.15, -0.1) is 11.3 Å². The molecule has 1 saturated heterocycles. The lowest BCUT2D eigenvalue weighted by Gasteiger charge is -2.30. The number of aliphatic carboxylic acids is 1. The number of carboxylic acids is 1. The Balaban J connectivity index is 2.07. The van der Waals surface area contributed by atoms with E-state index < -0.39 is 11.9 Å². The minimum atomic E-state index is -0.811. The average Bonchev–Trinajstić information content (AvgIpc) is 2.75. The van der Waals surface area contributed by atoms with Gasteiger partial charge in [0.2, 0.25) is 0 Å². The number of carboxylic acid groups (broad SMARTS) is 1. The molecule has 92 valence electrons. The van der Waals surface area contributed by atoms with E-state index >= 15 is 0 Å². The van der Waals surface area contributed by atoms with Gasteiger partial charge in [0, 0.05) is 18.5 Å². The molecular weight excluding hydrogens is 306 g/mol. The first-order chi connectivity index (χ1) is 8.08. The second kappa shape index (κ2) is 5.18. The zero-order valence-corrected chi connectivity index (χ0v) is 11.5. The van der Waals surface area contributed by atoms with E-state index in [-0.39, 0.29) is 5.91 Å². The van der Waals surface area contributed by atoms with Crippen LogP contribution in [0.5, 0.6) is 0 Å². The molecule has 1 aliphatic rings. The number of thiophene rings is 1. The van der Waals surface area contributed by atoms with Crippen molar-refractivity contribution in [1.29, 1.82) is 0 Å². The van der Waals surface area contributed by atoms with Crippen LogP contribution in [0.4, 0.5) is 0 Å². The highest BCUT2D eigenvalue weighted by atomic mass is 79.9. The van der Waals surface area contributed by atoms with E-state index in [0.29, 0.717) is 25.1 Å². The standard InChI is InChI=1S/C11H12BrNO3S/c12-9-4-8(6-17-9)10(14)13-3-1-2-7(5-13)11(15)16/h4,6-7H,1-3,5H2,(H,15,16)/t7-/m0/s1. The van der Waals surface area contributed by atoms with Gasteiger partial charge in [-0.2, -0.15) is 0 Å². The van der Waals surface area contributed by atoms with Crippen molar-refractivity contribution in [3.8, 4) is 0 Å². The molecule has 0 spiro atoms. The van der Waals surface area contributed by atoms with Crippen LogP contribution in [-0.2, 0) is 4.79 Å². The number of likely N-dealkylation sites (tertiary alicyclic amines) is 1. The van der Waals surface area contributed by atoms with Crippen LogP contribution in [0.15, 0.2) is 15.2 Å². The second-order valence-corrected chi connectivity index (χ2v) is 6.36. The van der Waals surface area contributed by atoms with Crippen LogP contribution in [0.1, 0.15) is 23.2 Å². The van der Waals surface area contributed by atoms with Crippen LogP contribution in [0.2, 0.25) is 0 Å². The summed E-state index contributed by atoms with van der Waals surface area (Å²) in [6.45, 7) is 0.970. The zero-order chi connectivity index (χ0) is 12.4. The molecule has 2 rings (SSSR count). The van der Waals surface area contributed by atoms with Gasteiger partial charge in [-0.1, -0.05) is 0 Å². The number of rotatable bonds is 2. The van der Waals surface area contributed by atoms with Gasteiger partial charge in [0.1, 0.15) is 0 Å². The summed E-state index contributed by atoms with van der Waals surface area (Å²) in [5.41, 5.74) is 0.632. The van der Waals surface area contributed by atoms with Crippen molar-refractivity contribution in [1.82, 2.24) is 4.90 Å². The van der Waals surface area contributed by atoms with E-state index in [2.05, 4.69) is 15.9 Å². The molecule has 6 heteroatoms. The maximum atomic E-state index is 12.1. The molecule has 1 atom stereocenters. The lowest BCUT2D eigenvalue weighted by atomic mass is 9.98.